The van der Waals surface area contributed by atoms with Gasteiger partial charge in [-0.1, -0.05) is 11.6 Å². The van der Waals surface area contributed by atoms with E-state index in [0.717, 1.165) is 25.2 Å². The number of nitrogens with zero attached hydrogens (tertiary/aromatic N) is 1. The van der Waals surface area contributed by atoms with E-state index in [1.54, 1.807) is 0 Å². The zero-order chi connectivity index (χ0) is 29.6. The maximum Gasteiger partial charge on any atom is 0.189 e. The quantitative estimate of drug-likeness (QED) is 0.472. The van der Waals surface area contributed by atoms with Crippen molar-refractivity contribution < 1.29 is 35.1 Å². The number of benzene rings is 2. The molecule has 8 nitrogen and oxygen atoms in total. The molecule has 0 radical (unpaired) electrons. The van der Waals surface area contributed by atoms with Gasteiger partial charge in [0, 0.05) is 49.3 Å². The van der Waals surface area contributed by atoms with Crippen molar-refractivity contribution in [3.05, 3.63) is 58.6 Å². The number of piperazine rings is 1. The molecule has 0 bridgehead atoms. The lowest BCUT2D eigenvalue weighted by molar-refractivity contribution is -0.0732. The van der Waals surface area contributed by atoms with E-state index in [4.69, 9.17) is 21.1 Å². The molecule has 2 saturated heterocycles. The van der Waals surface area contributed by atoms with Crippen LogP contribution >= 0.6 is 11.6 Å². The van der Waals surface area contributed by atoms with Gasteiger partial charge in [0.2, 0.25) is 0 Å². The van der Waals surface area contributed by atoms with Crippen molar-refractivity contribution in [2.24, 2.45) is 5.92 Å². The molecule has 2 fully saturated rings. The number of sulfone groups is 2. The van der Waals surface area contributed by atoms with Crippen LogP contribution in [0.1, 0.15) is 32.3 Å². The molecule has 2 aromatic rings. The SMILES string of the molecule is CC1CN(CCS(=O)(=O)CCC2OCCC3(S(=O)(=O)c4ccc(Cl)cc4)c4c(F)ccc(F)c4OCC23)CC(C)N1. The molecule has 0 aromatic heterocycles. The van der Waals surface area contributed by atoms with Crippen molar-refractivity contribution in [2.45, 2.75) is 54.5 Å². The third kappa shape index (κ3) is 5.88. The molecule has 5 unspecified atom stereocenters. The molecule has 3 heterocycles. The first-order chi connectivity index (χ1) is 19.3. The van der Waals surface area contributed by atoms with Crippen molar-refractivity contribution in [3.8, 4) is 5.75 Å². The Morgan fingerprint density at radius 2 is 1.66 bits per heavy atom. The van der Waals surface area contributed by atoms with Crippen LogP contribution in [0.2, 0.25) is 5.02 Å². The average molecular weight is 633 g/mol. The second-order valence-electron chi connectivity index (χ2n) is 11.3. The summed E-state index contributed by atoms with van der Waals surface area (Å²) in [7, 11) is -7.88. The van der Waals surface area contributed by atoms with E-state index < -0.39 is 53.8 Å². The van der Waals surface area contributed by atoms with Crippen molar-refractivity contribution in [1.82, 2.24) is 10.2 Å². The highest BCUT2D eigenvalue weighted by Crippen LogP contribution is 2.56. The lowest BCUT2D eigenvalue weighted by atomic mass is 9.75. The Bertz CT molecular complexity index is 1480. The molecule has 0 saturated carbocycles. The predicted molar refractivity (Wildman–Crippen MR) is 152 cm³/mol. The number of fused-ring (bicyclic) bond motifs is 3. The fraction of sp³-hybridized carbons (Fsp3) is 0.571. The van der Waals surface area contributed by atoms with Gasteiger partial charge in [-0.25, -0.2) is 25.6 Å². The summed E-state index contributed by atoms with van der Waals surface area (Å²) < 4.78 is 95.1. The average Bonchev–Trinajstić information content (AvgIpc) is 2.92. The first-order valence-corrected chi connectivity index (χ1v) is 17.4. The van der Waals surface area contributed by atoms with E-state index >= 15 is 4.39 Å². The van der Waals surface area contributed by atoms with Gasteiger partial charge in [-0.05, 0) is 63.1 Å². The maximum atomic E-state index is 15.5. The summed E-state index contributed by atoms with van der Waals surface area (Å²) in [5, 5.41) is 3.74. The van der Waals surface area contributed by atoms with Crippen LogP contribution in [0, 0.1) is 17.6 Å². The van der Waals surface area contributed by atoms with Gasteiger partial charge >= 0.3 is 0 Å². The molecule has 2 aromatic carbocycles. The Balaban J connectivity index is 1.44. The highest BCUT2D eigenvalue weighted by molar-refractivity contribution is 7.92. The lowest BCUT2D eigenvalue weighted by Gasteiger charge is -2.50. The highest BCUT2D eigenvalue weighted by Gasteiger charge is 2.61. The second-order valence-corrected chi connectivity index (χ2v) is 16.3. The normalized spacial score (nSPS) is 28.9. The van der Waals surface area contributed by atoms with Crippen LogP contribution in [0.15, 0.2) is 41.3 Å². The van der Waals surface area contributed by atoms with Gasteiger partial charge in [-0.3, -0.25) is 4.90 Å². The molecule has 5 atom stereocenters. The van der Waals surface area contributed by atoms with Gasteiger partial charge in [-0.2, -0.15) is 0 Å². The molecule has 1 N–H and O–H groups in total. The molecular formula is C28H35ClF2N2O6S2. The predicted octanol–water partition coefficient (Wildman–Crippen LogP) is 3.57. The third-order valence-electron chi connectivity index (χ3n) is 8.41. The van der Waals surface area contributed by atoms with Gasteiger partial charge in [0.05, 0.1) is 34.7 Å². The van der Waals surface area contributed by atoms with Crippen LogP contribution in [-0.4, -0.2) is 84.3 Å². The fourth-order valence-corrected chi connectivity index (χ4v) is 10.4. The number of nitrogens with one attached hydrogen (secondary N) is 1. The molecule has 3 aliphatic heterocycles. The molecule has 13 heteroatoms. The number of rotatable bonds is 8. The largest absolute Gasteiger partial charge is 0.490 e. The fourth-order valence-electron chi connectivity index (χ4n) is 6.62. The van der Waals surface area contributed by atoms with Crippen molar-refractivity contribution in [2.75, 3.05) is 44.4 Å². The Morgan fingerprint density at radius 3 is 2.34 bits per heavy atom. The van der Waals surface area contributed by atoms with Crippen LogP contribution in [0.4, 0.5) is 8.78 Å². The summed E-state index contributed by atoms with van der Waals surface area (Å²) in [6.07, 6.45) is -1.03. The molecule has 0 aliphatic carbocycles. The van der Waals surface area contributed by atoms with Crippen molar-refractivity contribution in [1.29, 1.82) is 0 Å². The zero-order valence-electron chi connectivity index (χ0n) is 23.0. The van der Waals surface area contributed by atoms with E-state index in [-0.39, 0.29) is 60.1 Å². The van der Waals surface area contributed by atoms with E-state index in [2.05, 4.69) is 24.1 Å². The standard InChI is InChI=1S/C28H35ClF2N2O6S2/c1-18-15-33(16-19(2)32-18)11-14-40(34,35)13-9-25-22-17-39-27-24(31)8-7-23(30)26(27)28(22,10-12-38-25)41(36,37)21-5-3-20(29)4-6-21/h3-8,18-19,22,25,32H,9-17H2,1-2H3. The Kier molecular flexibility index (Phi) is 8.73. The van der Waals surface area contributed by atoms with Gasteiger partial charge in [0.25, 0.3) is 0 Å². The summed E-state index contributed by atoms with van der Waals surface area (Å²) in [6.45, 7) is 5.64. The first kappa shape index (κ1) is 30.6. The molecule has 0 amide bonds. The van der Waals surface area contributed by atoms with E-state index in [9.17, 15) is 21.2 Å². The van der Waals surface area contributed by atoms with Crippen LogP contribution in [-0.2, 0) is 29.2 Å². The summed E-state index contributed by atoms with van der Waals surface area (Å²) in [5.41, 5.74) is -0.373. The number of hydrogen-bond acceptors (Lipinski definition) is 8. The molecular weight excluding hydrogens is 598 g/mol. The summed E-state index contributed by atoms with van der Waals surface area (Å²) in [5.74, 6) is -3.47. The number of ether oxygens (including phenoxy) is 2. The van der Waals surface area contributed by atoms with E-state index in [1.807, 2.05) is 0 Å². The first-order valence-electron chi connectivity index (χ1n) is 13.8. The second kappa shape index (κ2) is 11.7. The van der Waals surface area contributed by atoms with Crippen LogP contribution < -0.4 is 10.1 Å². The van der Waals surface area contributed by atoms with Gasteiger partial charge in [-0.15, -0.1) is 0 Å². The van der Waals surface area contributed by atoms with Gasteiger partial charge in [0.1, 0.15) is 10.6 Å². The highest BCUT2D eigenvalue weighted by atomic mass is 35.5. The monoisotopic (exact) mass is 632 g/mol. The molecule has 0 spiro atoms. The minimum absolute atomic E-state index is 0.00508. The Morgan fingerprint density at radius 1 is 1.00 bits per heavy atom. The Labute approximate surface area is 245 Å². The molecule has 226 valence electrons. The van der Waals surface area contributed by atoms with Crippen LogP contribution in [0.3, 0.4) is 0 Å². The van der Waals surface area contributed by atoms with E-state index in [1.165, 1.54) is 24.3 Å². The number of halogens is 3. The van der Waals surface area contributed by atoms with Crippen LogP contribution in [0.25, 0.3) is 0 Å². The zero-order valence-corrected chi connectivity index (χ0v) is 25.4. The minimum Gasteiger partial charge on any atom is -0.490 e. The van der Waals surface area contributed by atoms with Gasteiger partial charge < -0.3 is 14.8 Å². The van der Waals surface area contributed by atoms with E-state index in [0.29, 0.717) is 11.6 Å². The molecule has 5 rings (SSSR count). The summed E-state index contributed by atoms with van der Waals surface area (Å²) in [4.78, 5) is 2.02. The lowest BCUT2D eigenvalue weighted by Crippen LogP contribution is -2.57. The summed E-state index contributed by atoms with van der Waals surface area (Å²) in [6, 6.07) is 7.83. The minimum atomic E-state index is -4.36. The van der Waals surface area contributed by atoms with Gasteiger partial charge in [0.15, 0.2) is 31.2 Å². The van der Waals surface area contributed by atoms with Crippen molar-refractivity contribution >= 4 is 31.3 Å². The van der Waals surface area contributed by atoms with Crippen molar-refractivity contribution in [3.63, 3.8) is 0 Å². The summed E-state index contributed by atoms with van der Waals surface area (Å²) >= 11 is 6.00. The molecule has 41 heavy (non-hydrogen) atoms. The Hall–Kier alpha value is -1.83. The maximum absolute atomic E-state index is 15.5. The van der Waals surface area contributed by atoms with Crippen LogP contribution in [0.5, 0.6) is 5.75 Å². The smallest absolute Gasteiger partial charge is 0.189 e. The number of hydrogen-bond donors (Lipinski definition) is 1. The molecule has 3 aliphatic rings. The topological polar surface area (TPSA) is 102 Å². The third-order valence-corrected chi connectivity index (χ3v) is 12.9.